The number of rotatable bonds is 7. The van der Waals surface area contributed by atoms with E-state index in [1.54, 1.807) is 5.57 Å². The first-order valence-electron chi connectivity index (χ1n) is 25.6. The molecule has 1 unspecified atom stereocenters. The zero-order chi connectivity index (χ0) is 46.5. The van der Waals surface area contributed by atoms with E-state index in [2.05, 4.69) is 224 Å². The first kappa shape index (κ1) is 42.3. The van der Waals surface area contributed by atoms with Gasteiger partial charge in [-0.15, -0.1) is 0 Å². The zero-order valence-electron chi connectivity index (χ0n) is 39.9. The molecule has 0 radical (unpaired) electrons. The number of allylic oxidation sites excluding steroid dienone is 8. The predicted octanol–water partition coefficient (Wildman–Crippen LogP) is 17.8. The summed E-state index contributed by atoms with van der Waals surface area (Å²) < 4.78 is 2.55. The second-order valence-corrected chi connectivity index (χ2v) is 19.7. The number of benzene rings is 8. The molecule has 8 aromatic carbocycles. The third-order valence-corrected chi connectivity index (χ3v) is 15.8. The SMILES string of the molecule is CCC1=C(c2ccc3c([C@@H]4CCC5=Cc6c(c7ccc8ccccc8c7n6-c6ccccc6)CC5c5ccccc54)cccc3c2)/N=C(/c2cccc(C3=CC=CCC3)c2)CC/C=C\1c1ccccc1. The van der Waals surface area contributed by atoms with Gasteiger partial charge in [-0.05, 0) is 154 Å². The monoisotopic (exact) mass is 900 g/mol. The van der Waals surface area contributed by atoms with Crippen LogP contribution >= 0.6 is 0 Å². The Balaban J connectivity index is 0.918. The number of aromatic nitrogens is 1. The van der Waals surface area contributed by atoms with Crippen LogP contribution < -0.4 is 0 Å². The maximum absolute atomic E-state index is 5.78. The largest absolute Gasteiger partial charge is 0.309 e. The molecule has 70 heavy (non-hydrogen) atoms. The van der Waals surface area contributed by atoms with Gasteiger partial charge in [0.25, 0.3) is 0 Å². The van der Waals surface area contributed by atoms with Crippen molar-refractivity contribution >= 4 is 61.1 Å². The second-order valence-electron chi connectivity index (χ2n) is 19.7. The van der Waals surface area contributed by atoms with Crippen molar-refractivity contribution in [2.24, 2.45) is 4.99 Å². The topological polar surface area (TPSA) is 17.3 Å². The Morgan fingerprint density at radius 2 is 1.29 bits per heavy atom. The van der Waals surface area contributed by atoms with E-state index in [1.165, 1.54) is 105 Å². The maximum atomic E-state index is 5.78. The third-order valence-electron chi connectivity index (χ3n) is 15.8. The first-order valence-corrected chi connectivity index (χ1v) is 25.6. The second kappa shape index (κ2) is 17.9. The minimum absolute atomic E-state index is 0.264. The van der Waals surface area contributed by atoms with Crippen LogP contribution in [-0.4, -0.2) is 10.3 Å². The summed E-state index contributed by atoms with van der Waals surface area (Å²) in [6.45, 7) is 2.30. The van der Waals surface area contributed by atoms with Gasteiger partial charge in [-0.2, -0.15) is 0 Å². The minimum atomic E-state index is 0.264. The molecule has 0 spiro atoms. The molecule has 0 bridgehead atoms. The molecule has 1 aliphatic heterocycles. The Morgan fingerprint density at radius 3 is 2.13 bits per heavy atom. The lowest BCUT2D eigenvalue weighted by Crippen LogP contribution is -2.13. The molecule has 2 atom stereocenters. The fraction of sp³-hybridized carbons (Fsp3) is 0.162. The normalized spacial score (nSPS) is 20.5. The highest BCUT2D eigenvalue weighted by Crippen LogP contribution is 2.51. The highest BCUT2D eigenvalue weighted by atomic mass is 15.0. The van der Waals surface area contributed by atoms with Crippen LogP contribution in [0.25, 0.3) is 61.1 Å². The lowest BCUT2D eigenvalue weighted by molar-refractivity contribution is 0.704. The Hall–Kier alpha value is -7.81. The zero-order valence-corrected chi connectivity index (χ0v) is 39.9. The van der Waals surface area contributed by atoms with Crippen molar-refractivity contribution in [1.29, 1.82) is 0 Å². The number of para-hydroxylation sites is 1. The van der Waals surface area contributed by atoms with Gasteiger partial charge in [0.15, 0.2) is 0 Å². The molecular weight excluding hydrogens is 845 g/mol. The molecule has 0 N–H and O–H groups in total. The lowest BCUT2D eigenvalue weighted by Gasteiger charge is -2.26. The van der Waals surface area contributed by atoms with E-state index in [0.717, 1.165) is 62.8 Å². The molecular formula is C68H56N2. The number of fused-ring (bicyclic) bond motifs is 9. The van der Waals surface area contributed by atoms with Crippen molar-refractivity contribution in [3.8, 4) is 5.69 Å². The van der Waals surface area contributed by atoms with Gasteiger partial charge in [-0.1, -0.05) is 195 Å². The van der Waals surface area contributed by atoms with Crippen molar-refractivity contribution in [2.75, 3.05) is 0 Å². The van der Waals surface area contributed by atoms with Crippen LogP contribution in [0.4, 0.5) is 0 Å². The molecule has 0 fully saturated rings. The van der Waals surface area contributed by atoms with E-state index in [0.29, 0.717) is 5.92 Å². The van der Waals surface area contributed by atoms with Gasteiger partial charge in [0.05, 0.1) is 16.9 Å². The molecule has 0 saturated carbocycles. The van der Waals surface area contributed by atoms with E-state index in [1.807, 2.05) is 0 Å². The summed E-state index contributed by atoms with van der Waals surface area (Å²) in [6, 6.07) is 68.4. The molecule has 3 aliphatic carbocycles. The average Bonchev–Trinajstić information content (AvgIpc) is 3.66. The number of hydrogen-bond donors (Lipinski definition) is 0. The highest BCUT2D eigenvalue weighted by molar-refractivity contribution is 6.10. The molecule has 0 amide bonds. The van der Waals surface area contributed by atoms with E-state index < -0.39 is 0 Å². The van der Waals surface area contributed by atoms with Gasteiger partial charge in [0, 0.05) is 39.6 Å². The molecule has 338 valence electrons. The number of hydrogen-bond acceptors (Lipinski definition) is 1. The van der Waals surface area contributed by atoms with E-state index in [-0.39, 0.29) is 5.92 Å². The molecule has 2 heteroatoms. The Labute approximate surface area is 412 Å². The summed E-state index contributed by atoms with van der Waals surface area (Å²) >= 11 is 0. The molecule has 2 heterocycles. The van der Waals surface area contributed by atoms with E-state index in [9.17, 15) is 0 Å². The molecule has 0 saturated heterocycles. The first-order chi connectivity index (χ1) is 34.7. The van der Waals surface area contributed by atoms with Crippen molar-refractivity contribution in [3.63, 3.8) is 0 Å². The Morgan fingerprint density at radius 1 is 0.557 bits per heavy atom. The van der Waals surface area contributed by atoms with Crippen LogP contribution in [0.2, 0.25) is 0 Å². The fourth-order valence-electron chi connectivity index (χ4n) is 12.5. The fourth-order valence-corrected chi connectivity index (χ4v) is 12.5. The van der Waals surface area contributed by atoms with Gasteiger partial charge in [-0.3, -0.25) is 4.99 Å². The maximum Gasteiger partial charge on any atom is 0.0743 e. The molecule has 2 nitrogen and oxygen atoms in total. The number of aliphatic imine (C=N–C) groups is 1. The minimum Gasteiger partial charge on any atom is -0.309 e. The summed E-state index contributed by atoms with van der Waals surface area (Å²) in [6.07, 6.45) is 19.8. The summed E-state index contributed by atoms with van der Waals surface area (Å²) in [5.41, 5.74) is 22.4. The highest BCUT2D eigenvalue weighted by Gasteiger charge is 2.35. The van der Waals surface area contributed by atoms with Gasteiger partial charge in [0.2, 0.25) is 0 Å². The average molecular weight is 901 g/mol. The molecule has 13 rings (SSSR count). The van der Waals surface area contributed by atoms with Crippen LogP contribution in [0.5, 0.6) is 0 Å². The van der Waals surface area contributed by atoms with Crippen LogP contribution in [-0.2, 0) is 6.42 Å². The summed E-state index contributed by atoms with van der Waals surface area (Å²) in [7, 11) is 0. The lowest BCUT2D eigenvalue weighted by atomic mass is 9.78. The van der Waals surface area contributed by atoms with Crippen LogP contribution in [0, 0.1) is 0 Å². The Kier molecular flexibility index (Phi) is 10.8. The third kappa shape index (κ3) is 7.37. The molecule has 1 aromatic heterocycles. The van der Waals surface area contributed by atoms with Gasteiger partial charge in [-0.25, -0.2) is 0 Å². The molecule has 9 aromatic rings. The summed E-state index contributed by atoms with van der Waals surface area (Å²) in [5.74, 6) is 0.589. The van der Waals surface area contributed by atoms with Crippen molar-refractivity contribution in [2.45, 2.75) is 70.1 Å². The summed E-state index contributed by atoms with van der Waals surface area (Å²) in [5, 5.41) is 6.56. The quantitative estimate of drug-likeness (QED) is 0.152. The van der Waals surface area contributed by atoms with Gasteiger partial charge < -0.3 is 4.57 Å². The van der Waals surface area contributed by atoms with Gasteiger partial charge >= 0.3 is 0 Å². The standard InChI is InChI=1S/C68H56N2/c1-2-54-55(46-21-8-4-9-22-46)32-18-34-65(51-26-16-24-48(41-51)45-19-6-3-7-20-45)69-67(54)52-37-38-56-49(42-52)25-17-33-58(56)61-39-36-50-43-66-64(44-63(50)60-31-15-14-30-59(60)61)62-40-35-47-23-12-13-29-57(47)68(62)70(66)53-27-10-5-11-28-53/h3-6,8-17,19,21-33,35,37-38,40-43,61,63H,2,7,18,20,34,36,39,44H2,1H3/b55-32-,67-54-,69-65+/t61-,63?/m0/s1. The van der Waals surface area contributed by atoms with Crippen molar-refractivity contribution in [1.82, 2.24) is 4.57 Å². The van der Waals surface area contributed by atoms with E-state index in [4.69, 9.17) is 4.99 Å². The van der Waals surface area contributed by atoms with Crippen LogP contribution in [0.15, 0.2) is 222 Å². The van der Waals surface area contributed by atoms with Gasteiger partial charge in [0.1, 0.15) is 0 Å². The smallest absolute Gasteiger partial charge is 0.0743 e. The number of nitrogens with zero attached hydrogens (tertiary/aromatic N) is 2. The van der Waals surface area contributed by atoms with Crippen molar-refractivity contribution < 1.29 is 0 Å². The van der Waals surface area contributed by atoms with E-state index >= 15 is 0 Å². The van der Waals surface area contributed by atoms with Crippen molar-refractivity contribution in [3.05, 3.63) is 268 Å². The van der Waals surface area contributed by atoms with Crippen LogP contribution in [0.3, 0.4) is 0 Å². The Bertz CT molecular complexity index is 3720. The van der Waals surface area contributed by atoms with Crippen LogP contribution in [0.1, 0.15) is 114 Å². The predicted molar refractivity (Wildman–Crippen MR) is 297 cm³/mol. The summed E-state index contributed by atoms with van der Waals surface area (Å²) in [4.78, 5) is 5.78. The molecule has 4 aliphatic rings.